The molecule has 0 aliphatic heterocycles. The van der Waals surface area contributed by atoms with Gasteiger partial charge in [-0.1, -0.05) is 18.2 Å². The van der Waals surface area contributed by atoms with Gasteiger partial charge in [0, 0.05) is 18.0 Å². The van der Waals surface area contributed by atoms with Gasteiger partial charge in [-0.15, -0.1) is 0 Å². The van der Waals surface area contributed by atoms with E-state index in [0.717, 1.165) is 10.9 Å². The monoisotopic (exact) mass is 189 g/mol. The second-order valence-corrected chi connectivity index (χ2v) is 3.12. The van der Waals surface area contributed by atoms with Crippen molar-refractivity contribution in [2.45, 2.75) is 0 Å². The van der Waals surface area contributed by atoms with Crippen molar-refractivity contribution in [3.8, 4) is 0 Å². The molecule has 72 valence electrons. The average Bonchev–Trinajstić information content (AvgIpc) is 2.56. The van der Waals surface area contributed by atoms with Gasteiger partial charge in [-0.3, -0.25) is 10.2 Å². The molecular weight excluding hydrogens is 178 g/mol. The fourth-order valence-electron chi connectivity index (χ4n) is 1.58. The normalized spacial score (nSPS) is 10.4. The zero-order valence-electron chi connectivity index (χ0n) is 7.82. The number of hydrogen-bond donors (Lipinski definition) is 2. The summed E-state index contributed by atoms with van der Waals surface area (Å²) in [6.45, 7) is 0. The van der Waals surface area contributed by atoms with E-state index in [1.165, 1.54) is 0 Å². The average molecular weight is 189 g/mol. The molecule has 1 heterocycles. The number of aromatic nitrogens is 1. The number of aryl methyl sites for hydroxylation is 1. The topological polar surface area (TPSA) is 60.0 Å². The highest BCUT2D eigenvalue weighted by Gasteiger charge is 2.10. The molecule has 3 N–H and O–H groups in total. The summed E-state index contributed by atoms with van der Waals surface area (Å²) >= 11 is 0. The summed E-state index contributed by atoms with van der Waals surface area (Å²) in [4.78, 5) is 11.3. The molecule has 0 saturated heterocycles. The molecular formula is C10H11N3O. The second kappa shape index (κ2) is 3.16. The van der Waals surface area contributed by atoms with Gasteiger partial charge < -0.3 is 4.57 Å². The first-order chi connectivity index (χ1) is 6.74. The Labute approximate surface area is 81.3 Å². The molecule has 1 amide bonds. The van der Waals surface area contributed by atoms with E-state index in [1.807, 2.05) is 41.9 Å². The molecule has 1 aromatic heterocycles. The SMILES string of the molecule is Cn1c(C(=O)NN)cc2ccccc21. The van der Waals surface area contributed by atoms with Gasteiger partial charge in [-0.25, -0.2) is 5.84 Å². The zero-order valence-corrected chi connectivity index (χ0v) is 7.82. The summed E-state index contributed by atoms with van der Waals surface area (Å²) in [7, 11) is 1.84. The molecule has 0 spiro atoms. The predicted octanol–water partition coefficient (Wildman–Crippen LogP) is 0.782. The van der Waals surface area contributed by atoms with Crippen molar-refractivity contribution in [3.05, 3.63) is 36.0 Å². The number of nitrogens with two attached hydrogens (primary N) is 1. The van der Waals surface area contributed by atoms with Crippen molar-refractivity contribution in [3.63, 3.8) is 0 Å². The maximum absolute atomic E-state index is 11.3. The third-order valence-corrected chi connectivity index (χ3v) is 2.32. The number of hydrazine groups is 1. The lowest BCUT2D eigenvalue weighted by Gasteiger charge is -2.01. The van der Waals surface area contributed by atoms with Crippen molar-refractivity contribution in [2.75, 3.05) is 0 Å². The van der Waals surface area contributed by atoms with Gasteiger partial charge in [0.15, 0.2) is 0 Å². The summed E-state index contributed by atoms with van der Waals surface area (Å²) in [5, 5.41) is 1.04. The van der Waals surface area contributed by atoms with Crippen molar-refractivity contribution >= 4 is 16.8 Å². The fourth-order valence-corrected chi connectivity index (χ4v) is 1.58. The highest BCUT2D eigenvalue weighted by molar-refractivity contribution is 5.98. The van der Waals surface area contributed by atoms with Crippen LogP contribution in [0.5, 0.6) is 0 Å². The number of nitrogens with one attached hydrogen (secondary N) is 1. The van der Waals surface area contributed by atoms with E-state index in [1.54, 1.807) is 0 Å². The van der Waals surface area contributed by atoms with Crippen LogP contribution in [0.3, 0.4) is 0 Å². The fraction of sp³-hybridized carbons (Fsp3) is 0.100. The lowest BCUT2D eigenvalue weighted by Crippen LogP contribution is -2.31. The number of benzene rings is 1. The number of rotatable bonds is 1. The lowest BCUT2D eigenvalue weighted by atomic mass is 10.2. The molecule has 0 radical (unpaired) electrons. The Morgan fingerprint density at radius 1 is 1.43 bits per heavy atom. The molecule has 0 bridgehead atoms. The zero-order chi connectivity index (χ0) is 10.1. The number of fused-ring (bicyclic) bond motifs is 1. The molecule has 4 nitrogen and oxygen atoms in total. The van der Waals surface area contributed by atoms with E-state index in [2.05, 4.69) is 5.43 Å². The number of carbonyl (C=O) groups excluding carboxylic acids is 1. The summed E-state index contributed by atoms with van der Waals surface area (Å²) in [5.74, 6) is 4.81. The van der Waals surface area contributed by atoms with Crippen molar-refractivity contribution in [1.29, 1.82) is 0 Å². The van der Waals surface area contributed by atoms with Gasteiger partial charge in [0.1, 0.15) is 5.69 Å². The first kappa shape index (κ1) is 8.77. The molecule has 0 unspecified atom stereocenters. The lowest BCUT2D eigenvalue weighted by molar-refractivity contribution is 0.0946. The number of nitrogens with zero attached hydrogens (tertiary/aromatic N) is 1. The van der Waals surface area contributed by atoms with Crippen LogP contribution < -0.4 is 11.3 Å². The van der Waals surface area contributed by atoms with Gasteiger partial charge >= 0.3 is 0 Å². The minimum Gasteiger partial charge on any atom is -0.340 e. The highest BCUT2D eigenvalue weighted by Crippen LogP contribution is 2.17. The van der Waals surface area contributed by atoms with Crippen molar-refractivity contribution in [2.24, 2.45) is 12.9 Å². The minimum atomic E-state index is -0.274. The van der Waals surface area contributed by atoms with Crippen molar-refractivity contribution < 1.29 is 4.79 Å². The van der Waals surface area contributed by atoms with Gasteiger partial charge in [0.2, 0.25) is 0 Å². The number of hydrogen-bond acceptors (Lipinski definition) is 2. The number of amides is 1. The Balaban J connectivity index is 2.68. The van der Waals surface area contributed by atoms with Gasteiger partial charge in [0.05, 0.1) is 0 Å². The largest absolute Gasteiger partial charge is 0.340 e. The van der Waals surface area contributed by atoms with E-state index < -0.39 is 0 Å². The molecule has 0 fully saturated rings. The Morgan fingerprint density at radius 3 is 2.79 bits per heavy atom. The van der Waals surface area contributed by atoms with Crippen LogP contribution in [0.1, 0.15) is 10.5 Å². The van der Waals surface area contributed by atoms with Crippen molar-refractivity contribution in [1.82, 2.24) is 9.99 Å². The third-order valence-electron chi connectivity index (χ3n) is 2.32. The van der Waals surface area contributed by atoms with E-state index in [4.69, 9.17) is 5.84 Å². The molecule has 0 atom stereocenters. The maximum atomic E-state index is 11.3. The number of carbonyl (C=O) groups is 1. The van der Waals surface area contributed by atoms with Gasteiger partial charge in [-0.05, 0) is 12.1 Å². The van der Waals surface area contributed by atoms with E-state index in [-0.39, 0.29) is 5.91 Å². The third kappa shape index (κ3) is 1.16. The molecule has 0 saturated carbocycles. The Bertz CT molecular complexity index is 487. The van der Waals surface area contributed by atoms with E-state index >= 15 is 0 Å². The summed E-state index contributed by atoms with van der Waals surface area (Å²) in [6, 6.07) is 9.61. The van der Waals surface area contributed by atoms with Crippen LogP contribution in [0, 0.1) is 0 Å². The van der Waals surface area contributed by atoms with Crippen LogP contribution in [-0.2, 0) is 7.05 Å². The summed E-state index contributed by atoms with van der Waals surface area (Å²) in [5.41, 5.74) is 3.71. The Kier molecular flexibility index (Phi) is 1.98. The van der Waals surface area contributed by atoms with E-state index in [9.17, 15) is 4.79 Å². The Morgan fingerprint density at radius 2 is 2.14 bits per heavy atom. The van der Waals surface area contributed by atoms with E-state index in [0.29, 0.717) is 5.69 Å². The maximum Gasteiger partial charge on any atom is 0.281 e. The van der Waals surface area contributed by atoms with Gasteiger partial charge in [-0.2, -0.15) is 0 Å². The smallest absolute Gasteiger partial charge is 0.281 e. The highest BCUT2D eigenvalue weighted by atomic mass is 16.2. The predicted molar refractivity (Wildman–Crippen MR) is 54.6 cm³/mol. The second-order valence-electron chi connectivity index (χ2n) is 3.12. The van der Waals surface area contributed by atoms with Crippen LogP contribution in [0.2, 0.25) is 0 Å². The number of nitrogen functional groups attached to an aromatic ring is 1. The van der Waals surface area contributed by atoms with Crippen LogP contribution >= 0.6 is 0 Å². The standard InChI is InChI=1S/C10H11N3O/c1-13-8-5-3-2-4-7(8)6-9(13)10(14)12-11/h2-6H,11H2,1H3,(H,12,14). The van der Waals surface area contributed by atoms with Gasteiger partial charge in [0.25, 0.3) is 5.91 Å². The molecule has 2 aromatic rings. The molecule has 0 aliphatic rings. The molecule has 0 aliphatic carbocycles. The molecule has 1 aromatic carbocycles. The van der Waals surface area contributed by atoms with Crippen LogP contribution in [0.25, 0.3) is 10.9 Å². The van der Waals surface area contributed by atoms with Crippen LogP contribution in [0.4, 0.5) is 0 Å². The minimum absolute atomic E-state index is 0.274. The first-order valence-electron chi connectivity index (χ1n) is 4.29. The Hall–Kier alpha value is -1.81. The molecule has 2 rings (SSSR count). The quantitative estimate of drug-likeness (QED) is 0.395. The first-order valence-corrected chi connectivity index (χ1v) is 4.29. The number of para-hydroxylation sites is 1. The molecule has 4 heteroatoms. The van der Waals surface area contributed by atoms with Crippen LogP contribution in [0.15, 0.2) is 30.3 Å². The molecule has 14 heavy (non-hydrogen) atoms. The van der Waals surface area contributed by atoms with Crippen LogP contribution in [-0.4, -0.2) is 10.5 Å². The summed E-state index contributed by atoms with van der Waals surface area (Å²) < 4.78 is 1.82. The summed E-state index contributed by atoms with van der Waals surface area (Å²) in [6.07, 6.45) is 0.